The van der Waals surface area contributed by atoms with Gasteiger partial charge in [-0.25, -0.2) is 9.78 Å². The number of nitrogens with two attached hydrogens (primary N) is 1. The lowest BCUT2D eigenvalue weighted by molar-refractivity contribution is 0.210. The topological polar surface area (TPSA) is 69.6 Å². The van der Waals surface area contributed by atoms with Crippen molar-refractivity contribution in [3.63, 3.8) is 0 Å². The van der Waals surface area contributed by atoms with Gasteiger partial charge in [-0.2, -0.15) is 0 Å². The van der Waals surface area contributed by atoms with E-state index in [9.17, 15) is 4.79 Å². The van der Waals surface area contributed by atoms with Crippen LogP contribution in [-0.4, -0.2) is 15.5 Å². The molecule has 0 fully saturated rings. The summed E-state index contributed by atoms with van der Waals surface area (Å²) in [6, 6.07) is 1.63. The second kappa shape index (κ2) is 3.30. The highest BCUT2D eigenvalue weighted by molar-refractivity contribution is 9.10. The molecule has 2 rings (SSSR count). The fourth-order valence-corrected chi connectivity index (χ4v) is 1.67. The van der Waals surface area contributed by atoms with Gasteiger partial charge in [0.1, 0.15) is 0 Å². The lowest BCUT2D eigenvalue weighted by Gasteiger charge is -2.02. The summed E-state index contributed by atoms with van der Waals surface area (Å²) >= 11 is 3.30. The van der Waals surface area contributed by atoms with E-state index in [2.05, 4.69) is 20.9 Å². The van der Waals surface area contributed by atoms with Gasteiger partial charge in [-0.05, 0) is 15.9 Å². The molecule has 0 bridgehead atoms. The molecule has 0 aliphatic rings. The Hall–Kier alpha value is -1.56. The molecule has 2 aromatic rings. The molecule has 14 heavy (non-hydrogen) atoms. The van der Waals surface area contributed by atoms with Crippen molar-refractivity contribution in [3.8, 4) is 5.75 Å². The summed E-state index contributed by atoms with van der Waals surface area (Å²) in [4.78, 5) is 14.6. The van der Waals surface area contributed by atoms with Gasteiger partial charge in [0.15, 0.2) is 11.4 Å². The molecular weight excluding hydrogens is 250 g/mol. The van der Waals surface area contributed by atoms with Crippen molar-refractivity contribution in [2.45, 2.75) is 0 Å². The highest BCUT2D eigenvalue weighted by atomic mass is 79.9. The standard InChI is InChI=1S/C8H6BrN3O2/c9-6-3-5(14-8(10)13)4-12-2-1-11-7(6)12/h1-4H,(H2,10,13). The Labute approximate surface area is 87.6 Å². The SMILES string of the molecule is NC(=O)Oc1cc(Br)c2nccn2c1. The Morgan fingerprint density at radius 3 is 3.14 bits per heavy atom. The third-order valence-corrected chi connectivity index (χ3v) is 2.22. The summed E-state index contributed by atoms with van der Waals surface area (Å²) in [7, 11) is 0. The van der Waals surface area contributed by atoms with E-state index in [1.807, 2.05) is 0 Å². The first kappa shape index (κ1) is 9.01. The molecule has 5 nitrogen and oxygen atoms in total. The maximum atomic E-state index is 10.5. The maximum Gasteiger partial charge on any atom is 0.410 e. The minimum Gasteiger partial charge on any atom is -0.409 e. The molecule has 0 spiro atoms. The number of imidazole rings is 1. The van der Waals surface area contributed by atoms with Crippen molar-refractivity contribution in [3.05, 3.63) is 29.1 Å². The van der Waals surface area contributed by atoms with Crippen LogP contribution in [0.2, 0.25) is 0 Å². The van der Waals surface area contributed by atoms with Crippen molar-refractivity contribution in [1.82, 2.24) is 9.38 Å². The van der Waals surface area contributed by atoms with Crippen molar-refractivity contribution in [2.75, 3.05) is 0 Å². The van der Waals surface area contributed by atoms with E-state index >= 15 is 0 Å². The molecule has 2 N–H and O–H groups in total. The Morgan fingerprint density at radius 2 is 2.43 bits per heavy atom. The predicted molar refractivity (Wildman–Crippen MR) is 53.1 cm³/mol. The molecule has 72 valence electrons. The van der Waals surface area contributed by atoms with Crippen LogP contribution in [0.5, 0.6) is 5.75 Å². The average Bonchev–Trinajstić information content (AvgIpc) is 2.50. The quantitative estimate of drug-likeness (QED) is 0.841. The Morgan fingerprint density at radius 1 is 1.64 bits per heavy atom. The molecule has 0 radical (unpaired) electrons. The minimum atomic E-state index is -0.837. The van der Waals surface area contributed by atoms with Crippen LogP contribution in [0.3, 0.4) is 0 Å². The van der Waals surface area contributed by atoms with Crippen molar-refractivity contribution >= 4 is 27.7 Å². The summed E-state index contributed by atoms with van der Waals surface area (Å²) in [5.74, 6) is 0.370. The zero-order valence-electron chi connectivity index (χ0n) is 6.98. The van der Waals surface area contributed by atoms with E-state index in [1.54, 1.807) is 29.1 Å². The molecule has 0 aliphatic heterocycles. The molecule has 0 saturated carbocycles. The van der Waals surface area contributed by atoms with Gasteiger partial charge in [0.2, 0.25) is 0 Å². The smallest absolute Gasteiger partial charge is 0.409 e. The van der Waals surface area contributed by atoms with E-state index < -0.39 is 6.09 Å². The number of carbonyl (C=O) groups excluding carboxylic acids is 1. The normalized spacial score (nSPS) is 10.4. The fraction of sp³-hybridized carbons (Fsp3) is 0. The first-order valence-electron chi connectivity index (χ1n) is 3.76. The number of fused-ring (bicyclic) bond motifs is 1. The Bertz CT molecular complexity index is 494. The monoisotopic (exact) mass is 255 g/mol. The molecule has 2 aromatic heterocycles. The van der Waals surface area contributed by atoms with Crippen molar-refractivity contribution in [2.24, 2.45) is 5.73 Å². The summed E-state index contributed by atoms with van der Waals surface area (Å²) in [6.07, 6.45) is 4.18. The largest absolute Gasteiger partial charge is 0.410 e. The molecule has 2 heterocycles. The zero-order valence-corrected chi connectivity index (χ0v) is 8.56. The molecule has 0 aliphatic carbocycles. The van der Waals surface area contributed by atoms with Crippen LogP contribution in [0, 0.1) is 0 Å². The van der Waals surface area contributed by atoms with E-state index in [0.717, 1.165) is 10.1 Å². The number of nitrogens with zero attached hydrogens (tertiary/aromatic N) is 2. The predicted octanol–water partition coefficient (Wildman–Crippen LogP) is 1.55. The second-order valence-corrected chi connectivity index (χ2v) is 3.46. The number of aromatic nitrogens is 2. The summed E-state index contributed by atoms with van der Waals surface area (Å²) in [5, 5.41) is 0. The van der Waals surface area contributed by atoms with E-state index in [0.29, 0.717) is 5.75 Å². The number of halogens is 1. The number of rotatable bonds is 1. The molecule has 0 atom stereocenters. The van der Waals surface area contributed by atoms with Gasteiger partial charge in [-0.1, -0.05) is 0 Å². The fourth-order valence-electron chi connectivity index (χ4n) is 1.14. The number of pyridine rings is 1. The van der Waals surface area contributed by atoms with Crippen LogP contribution in [0.4, 0.5) is 4.79 Å². The van der Waals surface area contributed by atoms with Gasteiger partial charge < -0.3 is 14.9 Å². The van der Waals surface area contributed by atoms with Gasteiger partial charge in [-0.3, -0.25) is 0 Å². The number of primary amides is 1. The third-order valence-electron chi connectivity index (χ3n) is 1.64. The van der Waals surface area contributed by atoms with Crippen LogP contribution >= 0.6 is 15.9 Å². The van der Waals surface area contributed by atoms with Crippen LogP contribution in [0.1, 0.15) is 0 Å². The second-order valence-electron chi connectivity index (χ2n) is 2.60. The van der Waals surface area contributed by atoms with Gasteiger partial charge in [0.25, 0.3) is 0 Å². The lowest BCUT2D eigenvalue weighted by atomic mass is 10.4. The summed E-state index contributed by atoms with van der Waals surface area (Å²) in [6.45, 7) is 0. The number of ether oxygens (including phenoxy) is 1. The van der Waals surface area contributed by atoms with E-state index in [1.165, 1.54) is 0 Å². The highest BCUT2D eigenvalue weighted by Gasteiger charge is 2.05. The van der Waals surface area contributed by atoms with Crippen molar-refractivity contribution in [1.29, 1.82) is 0 Å². The lowest BCUT2D eigenvalue weighted by Crippen LogP contribution is -2.16. The molecule has 6 heteroatoms. The van der Waals surface area contributed by atoms with E-state index in [4.69, 9.17) is 10.5 Å². The number of carbonyl (C=O) groups is 1. The third kappa shape index (κ3) is 1.56. The van der Waals surface area contributed by atoms with Gasteiger partial charge >= 0.3 is 6.09 Å². The molecule has 0 aromatic carbocycles. The minimum absolute atomic E-state index is 0.370. The summed E-state index contributed by atoms with van der Waals surface area (Å²) < 4.78 is 7.19. The number of amides is 1. The van der Waals surface area contributed by atoms with Crippen molar-refractivity contribution < 1.29 is 9.53 Å². The Balaban J connectivity index is 2.53. The summed E-state index contributed by atoms with van der Waals surface area (Å²) in [5.41, 5.74) is 5.64. The highest BCUT2D eigenvalue weighted by Crippen LogP contribution is 2.22. The van der Waals surface area contributed by atoms with Gasteiger partial charge in [-0.15, -0.1) is 0 Å². The molecule has 1 amide bonds. The molecular formula is C8H6BrN3O2. The first-order valence-corrected chi connectivity index (χ1v) is 4.55. The molecule has 0 saturated heterocycles. The van der Waals surface area contributed by atoms with Crippen LogP contribution < -0.4 is 10.5 Å². The number of hydrogen-bond acceptors (Lipinski definition) is 3. The van der Waals surface area contributed by atoms with Crippen LogP contribution in [0.15, 0.2) is 29.1 Å². The van der Waals surface area contributed by atoms with Gasteiger partial charge in [0.05, 0.1) is 10.7 Å². The van der Waals surface area contributed by atoms with Gasteiger partial charge in [0, 0.05) is 18.5 Å². The number of hydrogen-bond donors (Lipinski definition) is 1. The molecule has 0 unspecified atom stereocenters. The van der Waals surface area contributed by atoms with E-state index in [-0.39, 0.29) is 0 Å². The first-order chi connectivity index (χ1) is 6.66. The Kier molecular flexibility index (Phi) is 2.12. The zero-order chi connectivity index (χ0) is 10.1. The van der Waals surface area contributed by atoms with Crippen LogP contribution in [0.25, 0.3) is 5.65 Å². The average molecular weight is 256 g/mol. The maximum absolute atomic E-state index is 10.5. The van der Waals surface area contributed by atoms with Crippen LogP contribution in [-0.2, 0) is 0 Å².